The molecule has 0 bridgehead atoms. The highest BCUT2D eigenvalue weighted by atomic mass is 79.9. The minimum Gasteiger partial charge on any atom is -0.311 e. The van der Waals surface area contributed by atoms with Gasteiger partial charge in [-0.15, -0.1) is 11.6 Å². The first-order valence-electron chi connectivity index (χ1n) is 4.05. The maximum atomic E-state index is 6.01. The van der Waals surface area contributed by atoms with Crippen LogP contribution in [0.25, 0.3) is 0 Å². The highest BCUT2D eigenvalue weighted by Gasteiger charge is 2.38. The van der Waals surface area contributed by atoms with Gasteiger partial charge in [-0.3, -0.25) is 5.32 Å². The molecule has 2 aliphatic heterocycles. The Morgan fingerprint density at radius 3 is 3.09 bits per heavy atom. The van der Waals surface area contributed by atoms with Gasteiger partial charge in [-0.2, -0.15) is 0 Å². The van der Waals surface area contributed by atoms with E-state index in [-0.39, 0.29) is 5.50 Å². The van der Waals surface area contributed by atoms with Gasteiger partial charge in [0.2, 0.25) is 0 Å². The second kappa shape index (κ2) is 3.21. The van der Waals surface area contributed by atoms with E-state index in [1.807, 2.05) is 0 Å². The third-order valence-electron chi connectivity index (χ3n) is 2.57. The summed E-state index contributed by atoms with van der Waals surface area (Å²) in [6.07, 6.45) is 2.37. The molecule has 0 spiro atoms. The Morgan fingerprint density at radius 1 is 1.45 bits per heavy atom. The number of fused-ring (bicyclic) bond motifs is 1. The standard InChI is InChI=1S/C7H12BrClN2/c8-7-6-4(1-2-10-6)3-5(9)11-7/h4-7,10-11H,1-3H2. The quantitative estimate of drug-likeness (QED) is 0.491. The van der Waals surface area contributed by atoms with Gasteiger partial charge in [0.1, 0.15) is 0 Å². The molecule has 4 heteroatoms. The summed E-state index contributed by atoms with van der Waals surface area (Å²) in [6, 6.07) is 0.588. The lowest BCUT2D eigenvalue weighted by molar-refractivity contribution is 0.309. The van der Waals surface area contributed by atoms with Crippen molar-refractivity contribution in [3.05, 3.63) is 0 Å². The van der Waals surface area contributed by atoms with Crippen molar-refractivity contribution in [2.24, 2.45) is 5.92 Å². The van der Waals surface area contributed by atoms with Crippen molar-refractivity contribution < 1.29 is 0 Å². The summed E-state index contributed by atoms with van der Waals surface area (Å²) in [5, 5.41) is 6.73. The Kier molecular flexibility index (Phi) is 2.42. The molecule has 2 aliphatic rings. The van der Waals surface area contributed by atoms with Crippen molar-refractivity contribution in [3.63, 3.8) is 0 Å². The first kappa shape index (κ1) is 8.30. The van der Waals surface area contributed by atoms with Crippen molar-refractivity contribution in [2.45, 2.75) is 29.3 Å². The molecule has 0 aromatic rings. The molecule has 11 heavy (non-hydrogen) atoms. The molecule has 0 aromatic heterocycles. The van der Waals surface area contributed by atoms with Crippen LogP contribution >= 0.6 is 27.5 Å². The summed E-state index contributed by atoms with van der Waals surface area (Å²) >= 11 is 9.59. The fraction of sp³-hybridized carbons (Fsp3) is 1.00. The van der Waals surface area contributed by atoms with E-state index in [0.29, 0.717) is 11.0 Å². The van der Waals surface area contributed by atoms with E-state index in [1.165, 1.54) is 6.42 Å². The third-order valence-corrected chi connectivity index (χ3v) is 3.71. The van der Waals surface area contributed by atoms with Gasteiger partial charge < -0.3 is 5.32 Å². The highest BCUT2D eigenvalue weighted by molar-refractivity contribution is 9.09. The smallest absolute Gasteiger partial charge is 0.0837 e. The second-order valence-corrected chi connectivity index (χ2v) is 4.81. The molecular weight excluding hydrogens is 227 g/mol. The SMILES string of the molecule is ClC1CC2CCNC2C(Br)N1. The van der Waals surface area contributed by atoms with Crippen LogP contribution in [0, 0.1) is 5.92 Å². The molecule has 0 aromatic carbocycles. The molecule has 2 N–H and O–H groups in total. The van der Waals surface area contributed by atoms with E-state index in [0.717, 1.165) is 18.9 Å². The lowest BCUT2D eigenvalue weighted by Crippen LogP contribution is -2.52. The molecule has 2 nitrogen and oxygen atoms in total. The molecule has 0 amide bonds. The maximum absolute atomic E-state index is 6.01. The van der Waals surface area contributed by atoms with Gasteiger partial charge in [-0.25, -0.2) is 0 Å². The Morgan fingerprint density at radius 2 is 2.27 bits per heavy atom. The topological polar surface area (TPSA) is 24.1 Å². The predicted octanol–water partition coefficient (Wildman–Crippen LogP) is 1.24. The Labute approximate surface area is 80.2 Å². The van der Waals surface area contributed by atoms with Crippen molar-refractivity contribution in [3.8, 4) is 0 Å². The molecule has 4 atom stereocenters. The molecule has 0 saturated carbocycles. The van der Waals surface area contributed by atoms with E-state index in [9.17, 15) is 0 Å². The van der Waals surface area contributed by atoms with E-state index >= 15 is 0 Å². The van der Waals surface area contributed by atoms with Gasteiger partial charge in [0, 0.05) is 6.04 Å². The molecule has 2 saturated heterocycles. The molecule has 64 valence electrons. The van der Waals surface area contributed by atoms with Gasteiger partial charge >= 0.3 is 0 Å². The zero-order valence-electron chi connectivity index (χ0n) is 6.19. The average molecular weight is 240 g/mol. The highest BCUT2D eigenvalue weighted by Crippen LogP contribution is 2.31. The van der Waals surface area contributed by atoms with Gasteiger partial charge in [0.25, 0.3) is 0 Å². The number of hydrogen-bond donors (Lipinski definition) is 2. The molecule has 0 aliphatic carbocycles. The third kappa shape index (κ3) is 1.57. The first-order valence-corrected chi connectivity index (χ1v) is 5.40. The zero-order valence-corrected chi connectivity index (χ0v) is 8.53. The summed E-state index contributed by atoms with van der Waals surface area (Å²) < 4.78 is 0. The molecule has 2 rings (SSSR count). The molecule has 2 heterocycles. The van der Waals surface area contributed by atoms with E-state index in [2.05, 4.69) is 26.6 Å². The summed E-state index contributed by atoms with van der Waals surface area (Å²) in [7, 11) is 0. The fourth-order valence-corrected chi connectivity index (χ4v) is 3.45. The van der Waals surface area contributed by atoms with Crippen LogP contribution in [0.4, 0.5) is 0 Å². The van der Waals surface area contributed by atoms with Crippen LogP contribution in [0.3, 0.4) is 0 Å². The monoisotopic (exact) mass is 238 g/mol. The molecule has 2 fully saturated rings. The van der Waals surface area contributed by atoms with Gasteiger partial charge in [-0.1, -0.05) is 15.9 Å². The van der Waals surface area contributed by atoms with Crippen molar-refractivity contribution >= 4 is 27.5 Å². The summed E-state index contributed by atoms with van der Waals surface area (Å²) in [5.74, 6) is 0.767. The van der Waals surface area contributed by atoms with E-state index in [1.54, 1.807) is 0 Å². The first-order chi connectivity index (χ1) is 5.27. The fourth-order valence-electron chi connectivity index (χ4n) is 2.00. The van der Waals surface area contributed by atoms with Crippen LogP contribution in [-0.4, -0.2) is 23.0 Å². The van der Waals surface area contributed by atoms with Crippen LogP contribution in [0.15, 0.2) is 0 Å². The van der Waals surface area contributed by atoms with Gasteiger partial charge in [-0.05, 0) is 25.3 Å². The number of nitrogens with one attached hydrogen (secondary N) is 2. The van der Waals surface area contributed by atoms with Crippen LogP contribution < -0.4 is 10.6 Å². The summed E-state index contributed by atoms with van der Waals surface area (Å²) in [4.78, 5) is 0.353. The van der Waals surface area contributed by atoms with Crippen LogP contribution in [0.2, 0.25) is 0 Å². The number of hydrogen-bond acceptors (Lipinski definition) is 2. The normalized spacial score (nSPS) is 50.7. The second-order valence-electron chi connectivity index (χ2n) is 3.30. The van der Waals surface area contributed by atoms with Crippen molar-refractivity contribution in [1.82, 2.24) is 10.6 Å². The zero-order chi connectivity index (χ0) is 7.84. The van der Waals surface area contributed by atoms with Crippen molar-refractivity contribution in [2.75, 3.05) is 6.54 Å². The van der Waals surface area contributed by atoms with E-state index < -0.39 is 0 Å². The molecular formula is C7H12BrClN2. The number of halogens is 2. The molecule has 4 unspecified atom stereocenters. The van der Waals surface area contributed by atoms with E-state index in [4.69, 9.17) is 11.6 Å². The number of alkyl halides is 2. The van der Waals surface area contributed by atoms with Gasteiger partial charge in [0.05, 0.1) is 10.5 Å². The van der Waals surface area contributed by atoms with Crippen LogP contribution in [0.1, 0.15) is 12.8 Å². The van der Waals surface area contributed by atoms with Crippen LogP contribution in [0.5, 0.6) is 0 Å². The van der Waals surface area contributed by atoms with Crippen molar-refractivity contribution in [1.29, 1.82) is 0 Å². The Bertz CT molecular complexity index is 155. The Balaban J connectivity index is 2.04. The largest absolute Gasteiger partial charge is 0.311 e. The summed E-state index contributed by atoms with van der Waals surface area (Å²) in [6.45, 7) is 1.14. The lowest BCUT2D eigenvalue weighted by Gasteiger charge is -2.34. The number of piperidine rings is 1. The average Bonchev–Trinajstić information content (AvgIpc) is 2.34. The summed E-state index contributed by atoms with van der Waals surface area (Å²) in [5.41, 5.74) is 0.153. The predicted molar refractivity (Wildman–Crippen MR) is 50.0 cm³/mol. The Hall–Kier alpha value is 0.690. The van der Waals surface area contributed by atoms with Gasteiger partial charge in [0.15, 0.2) is 0 Å². The maximum Gasteiger partial charge on any atom is 0.0837 e. The molecule has 0 radical (unpaired) electrons. The minimum absolute atomic E-state index is 0.153. The number of rotatable bonds is 0. The minimum atomic E-state index is 0.153. The lowest BCUT2D eigenvalue weighted by atomic mass is 9.94. The van der Waals surface area contributed by atoms with Crippen LogP contribution in [-0.2, 0) is 0 Å².